The number of imide groups is 1. The first kappa shape index (κ1) is 13.8. The van der Waals surface area contributed by atoms with Gasteiger partial charge in [-0.15, -0.1) is 0 Å². The molecule has 5 heteroatoms. The molecule has 2 atom stereocenters. The van der Waals surface area contributed by atoms with E-state index in [1.807, 2.05) is 18.4 Å². The first-order valence-electron chi connectivity index (χ1n) is 6.77. The van der Waals surface area contributed by atoms with E-state index < -0.39 is 0 Å². The molecule has 1 N–H and O–H groups in total. The summed E-state index contributed by atoms with van der Waals surface area (Å²) >= 11 is 0. The quantitative estimate of drug-likeness (QED) is 0.847. The average molecular weight is 263 g/mol. The van der Waals surface area contributed by atoms with Crippen LogP contribution in [0.3, 0.4) is 0 Å². The standard InChI is InChI=1S/C14H21N3O2/c1-8(2)13-10(5-12(18)16-14(13)19)11-6-15-7-17(11)9(3)4/h6-10,13H,5H2,1-4H3,(H,16,18,19). The summed E-state index contributed by atoms with van der Waals surface area (Å²) in [6.45, 7) is 8.17. The van der Waals surface area contributed by atoms with E-state index in [1.165, 1.54) is 0 Å². The van der Waals surface area contributed by atoms with E-state index in [0.717, 1.165) is 5.69 Å². The molecule has 1 aliphatic heterocycles. The van der Waals surface area contributed by atoms with E-state index in [-0.39, 0.29) is 35.6 Å². The molecule has 2 heterocycles. The monoisotopic (exact) mass is 263 g/mol. The molecule has 0 radical (unpaired) electrons. The second-order valence-electron chi connectivity index (χ2n) is 5.81. The molecule has 19 heavy (non-hydrogen) atoms. The van der Waals surface area contributed by atoms with Crippen molar-refractivity contribution in [2.75, 3.05) is 0 Å². The third kappa shape index (κ3) is 2.55. The summed E-state index contributed by atoms with van der Waals surface area (Å²) in [5, 5.41) is 2.44. The molecule has 0 aromatic carbocycles. The van der Waals surface area contributed by atoms with Crippen LogP contribution in [0.1, 0.15) is 51.8 Å². The first-order chi connectivity index (χ1) is 8.91. The molecule has 0 saturated carbocycles. The molecule has 0 spiro atoms. The van der Waals surface area contributed by atoms with Crippen LogP contribution in [-0.2, 0) is 9.59 Å². The zero-order chi connectivity index (χ0) is 14.2. The van der Waals surface area contributed by atoms with Crippen molar-refractivity contribution in [1.82, 2.24) is 14.9 Å². The predicted octanol–water partition coefficient (Wildman–Crippen LogP) is 1.87. The molecule has 1 saturated heterocycles. The van der Waals surface area contributed by atoms with Gasteiger partial charge >= 0.3 is 0 Å². The van der Waals surface area contributed by atoms with Crippen molar-refractivity contribution in [3.05, 3.63) is 18.2 Å². The highest BCUT2D eigenvalue weighted by Crippen LogP contribution is 2.36. The van der Waals surface area contributed by atoms with Crippen molar-refractivity contribution < 1.29 is 9.59 Å². The Morgan fingerprint density at radius 2 is 2.00 bits per heavy atom. The zero-order valence-corrected chi connectivity index (χ0v) is 11.9. The normalized spacial score (nSPS) is 24.1. The molecule has 2 rings (SSSR count). The lowest BCUT2D eigenvalue weighted by molar-refractivity contribution is -0.138. The van der Waals surface area contributed by atoms with E-state index >= 15 is 0 Å². The summed E-state index contributed by atoms with van der Waals surface area (Å²) in [5.41, 5.74) is 0.983. The van der Waals surface area contributed by atoms with Crippen LogP contribution < -0.4 is 5.32 Å². The molecule has 0 aliphatic carbocycles. The minimum absolute atomic E-state index is 0.0776. The summed E-state index contributed by atoms with van der Waals surface area (Å²) in [4.78, 5) is 27.9. The Morgan fingerprint density at radius 3 is 2.58 bits per heavy atom. The smallest absolute Gasteiger partial charge is 0.230 e. The Balaban J connectivity index is 2.41. The molecule has 1 fully saturated rings. The maximum absolute atomic E-state index is 12.1. The second-order valence-corrected chi connectivity index (χ2v) is 5.81. The van der Waals surface area contributed by atoms with Crippen molar-refractivity contribution in [2.45, 2.75) is 46.1 Å². The van der Waals surface area contributed by atoms with Crippen molar-refractivity contribution in [3.63, 3.8) is 0 Å². The van der Waals surface area contributed by atoms with Crippen LogP contribution in [0.25, 0.3) is 0 Å². The Labute approximate surface area is 113 Å². The molecule has 5 nitrogen and oxygen atoms in total. The van der Waals surface area contributed by atoms with Gasteiger partial charge in [-0.2, -0.15) is 0 Å². The molecule has 2 unspecified atom stereocenters. The van der Waals surface area contributed by atoms with Gasteiger partial charge in [0.15, 0.2) is 0 Å². The molecule has 1 aromatic rings. The van der Waals surface area contributed by atoms with Crippen LogP contribution >= 0.6 is 0 Å². The van der Waals surface area contributed by atoms with Gasteiger partial charge in [0.05, 0.1) is 6.33 Å². The SMILES string of the molecule is CC(C)C1C(=O)NC(=O)CC1c1cncn1C(C)C. The number of nitrogens with zero attached hydrogens (tertiary/aromatic N) is 2. The summed E-state index contributed by atoms with van der Waals surface area (Å²) in [5.74, 6) is -0.414. The minimum Gasteiger partial charge on any atom is -0.332 e. The Bertz CT molecular complexity index is 491. The molecular weight excluding hydrogens is 242 g/mol. The van der Waals surface area contributed by atoms with Gasteiger partial charge in [-0.3, -0.25) is 14.9 Å². The van der Waals surface area contributed by atoms with Gasteiger partial charge in [-0.05, 0) is 19.8 Å². The van der Waals surface area contributed by atoms with Gasteiger partial charge in [0.1, 0.15) is 0 Å². The number of hydrogen-bond donors (Lipinski definition) is 1. The molecule has 0 bridgehead atoms. The molecular formula is C14H21N3O2. The van der Waals surface area contributed by atoms with Crippen molar-refractivity contribution in [1.29, 1.82) is 0 Å². The van der Waals surface area contributed by atoms with E-state index in [4.69, 9.17) is 0 Å². The van der Waals surface area contributed by atoms with Crippen molar-refractivity contribution in [2.24, 2.45) is 11.8 Å². The third-order valence-electron chi connectivity index (χ3n) is 3.75. The fourth-order valence-electron chi connectivity index (χ4n) is 2.87. The van der Waals surface area contributed by atoms with Gasteiger partial charge in [0.25, 0.3) is 0 Å². The third-order valence-corrected chi connectivity index (χ3v) is 3.75. The van der Waals surface area contributed by atoms with Crippen molar-refractivity contribution >= 4 is 11.8 Å². The van der Waals surface area contributed by atoms with Crippen LogP contribution in [0.2, 0.25) is 0 Å². The minimum atomic E-state index is -0.191. The van der Waals surface area contributed by atoms with Gasteiger partial charge in [-0.1, -0.05) is 13.8 Å². The first-order valence-corrected chi connectivity index (χ1v) is 6.77. The highest BCUT2D eigenvalue weighted by molar-refractivity contribution is 5.99. The van der Waals surface area contributed by atoms with E-state index in [2.05, 4.69) is 24.1 Å². The second kappa shape index (κ2) is 5.15. The zero-order valence-electron chi connectivity index (χ0n) is 11.9. The Morgan fingerprint density at radius 1 is 1.32 bits per heavy atom. The van der Waals surface area contributed by atoms with Crippen LogP contribution in [0.15, 0.2) is 12.5 Å². The fraction of sp³-hybridized carbons (Fsp3) is 0.643. The molecule has 1 aliphatic rings. The van der Waals surface area contributed by atoms with Crippen LogP contribution in [0.5, 0.6) is 0 Å². The number of amides is 2. The lowest BCUT2D eigenvalue weighted by Crippen LogP contribution is -2.47. The van der Waals surface area contributed by atoms with Gasteiger partial charge in [0.2, 0.25) is 11.8 Å². The topological polar surface area (TPSA) is 64.0 Å². The lowest BCUT2D eigenvalue weighted by atomic mass is 9.76. The lowest BCUT2D eigenvalue weighted by Gasteiger charge is -2.33. The van der Waals surface area contributed by atoms with Crippen LogP contribution in [0, 0.1) is 11.8 Å². The highest BCUT2D eigenvalue weighted by Gasteiger charge is 2.40. The molecule has 2 amide bonds. The maximum atomic E-state index is 12.1. The number of rotatable bonds is 3. The Hall–Kier alpha value is -1.65. The van der Waals surface area contributed by atoms with Crippen LogP contribution in [-0.4, -0.2) is 21.4 Å². The number of piperidine rings is 1. The highest BCUT2D eigenvalue weighted by atomic mass is 16.2. The van der Waals surface area contributed by atoms with E-state index in [0.29, 0.717) is 6.42 Å². The fourth-order valence-corrected chi connectivity index (χ4v) is 2.87. The van der Waals surface area contributed by atoms with Gasteiger partial charge in [0, 0.05) is 36.2 Å². The van der Waals surface area contributed by atoms with Gasteiger partial charge in [-0.25, -0.2) is 4.98 Å². The average Bonchev–Trinajstić information content (AvgIpc) is 2.75. The largest absolute Gasteiger partial charge is 0.332 e. The number of aromatic nitrogens is 2. The van der Waals surface area contributed by atoms with E-state index in [9.17, 15) is 9.59 Å². The number of imidazole rings is 1. The summed E-state index contributed by atoms with van der Waals surface area (Å²) in [6, 6.07) is 0.269. The number of nitrogens with one attached hydrogen (secondary N) is 1. The van der Waals surface area contributed by atoms with E-state index in [1.54, 1.807) is 12.5 Å². The Kier molecular flexibility index (Phi) is 3.73. The van der Waals surface area contributed by atoms with Crippen LogP contribution in [0.4, 0.5) is 0 Å². The number of carbonyl (C=O) groups excluding carboxylic acids is 2. The number of hydrogen-bond acceptors (Lipinski definition) is 3. The molecule has 104 valence electrons. The maximum Gasteiger partial charge on any atom is 0.230 e. The summed E-state index contributed by atoms with van der Waals surface area (Å²) in [6.07, 6.45) is 3.91. The summed E-state index contributed by atoms with van der Waals surface area (Å²) in [7, 11) is 0. The summed E-state index contributed by atoms with van der Waals surface area (Å²) < 4.78 is 2.05. The van der Waals surface area contributed by atoms with Gasteiger partial charge < -0.3 is 4.57 Å². The molecule has 1 aromatic heterocycles. The predicted molar refractivity (Wildman–Crippen MR) is 71.4 cm³/mol. The van der Waals surface area contributed by atoms with Crippen molar-refractivity contribution in [3.8, 4) is 0 Å². The number of carbonyl (C=O) groups is 2.